The lowest BCUT2D eigenvalue weighted by Gasteiger charge is -1.98. The predicted octanol–water partition coefficient (Wildman–Crippen LogP) is 3.35. The van der Waals surface area contributed by atoms with Crippen LogP contribution < -0.4 is 6.15 Å². The summed E-state index contributed by atoms with van der Waals surface area (Å²) in [5.74, 6) is 2.01. The number of fused-ring (bicyclic) bond motifs is 3. The van der Waals surface area contributed by atoms with Crippen LogP contribution in [0.5, 0.6) is 0 Å². The molecule has 0 amide bonds. The molecule has 2 aliphatic carbocycles. The molecule has 13 heavy (non-hydrogen) atoms. The quantitative estimate of drug-likeness (QED) is 0.714. The van der Waals surface area contributed by atoms with Crippen molar-refractivity contribution >= 4 is 24.8 Å². The fourth-order valence-electron chi connectivity index (χ4n) is 2.22. The predicted molar refractivity (Wildman–Crippen MR) is 60.5 cm³/mol. The van der Waals surface area contributed by atoms with E-state index < -0.39 is 0 Å². The second kappa shape index (κ2) is 4.32. The van der Waals surface area contributed by atoms with E-state index in [2.05, 4.69) is 24.3 Å². The van der Waals surface area contributed by atoms with E-state index in [-0.39, 0.29) is 31.0 Å². The minimum absolute atomic E-state index is 0. The minimum atomic E-state index is 0. The standard InChI is InChI=1S/C10H10.2ClH.H3N/c1-2-4-9-7(3-1)5-8-6-10(8)9;;;/h1-4,8,10H,5-6H2;2*1H;1H3. The van der Waals surface area contributed by atoms with Crippen LogP contribution >= 0.6 is 24.8 Å². The van der Waals surface area contributed by atoms with Gasteiger partial charge in [0.2, 0.25) is 0 Å². The van der Waals surface area contributed by atoms with Gasteiger partial charge < -0.3 is 6.15 Å². The molecule has 0 radical (unpaired) electrons. The van der Waals surface area contributed by atoms with Gasteiger partial charge in [0.1, 0.15) is 0 Å². The van der Waals surface area contributed by atoms with E-state index in [9.17, 15) is 0 Å². The summed E-state index contributed by atoms with van der Waals surface area (Å²) in [4.78, 5) is 0. The summed E-state index contributed by atoms with van der Waals surface area (Å²) < 4.78 is 0. The third-order valence-electron chi connectivity index (χ3n) is 2.86. The Morgan fingerprint density at radius 3 is 2.46 bits per heavy atom. The summed E-state index contributed by atoms with van der Waals surface area (Å²) in [7, 11) is 0. The first-order chi connectivity index (χ1) is 4.95. The van der Waals surface area contributed by atoms with Gasteiger partial charge in [0.05, 0.1) is 0 Å². The zero-order valence-electron chi connectivity index (χ0n) is 7.40. The Balaban J connectivity index is 0.000000480. The van der Waals surface area contributed by atoms with Crippen molar-refractivity contribution in [3.8, 4) is 0 Å². The first kappa shape index (κ1) is 12.8. The van der Waals surface area contributed by atoms with Crippen LogP contribution in [0, 0.1) is 5.92 Å². The summed E-state index contributed by atoms with van der Waals surface area (Å²) in [5, 5.41) is 0. The summed E-state index contributed by atoms with van der Waals surface area (Å²) >= 11 is 0. The maximum atomic E-state index is 2.30. The molecule has 2 unspecified atom stereocenters. The van der Waals surface area contributed by atoms with E-state index in [1.807, 2.05) is 0 Å². The number of benzene rings is 1. The zero-order chi connectivity index (χ0) is 6.55. The van der Waals surface area contributed by atoms with Crippen LogP contribution in [0.25, 0.3) is 0 Å². The zero-order valence-corrected chi connectivity index (χ0v) is 9.03. The van der Waals surface area contributed by atoms with Crippen molar-refractivity contribution in [1.82, 2.24) is 6.15 Å². The molecular formula is C10H15Cl2N. The molecule has 74 valence electrons. The molecule has 0 aliphatic heterocycles. The minimum Gasteiger partial charge on any atom is -0.344 e. The van der Waals surface area contributed by atoms with Gasteiger partial charge in [0.25, 0.3) is 0 Å². The van der Waals surface area contributed by atoms with Gasteiger partial charge in [-0.25, -0.2) is 0 Å². The molecule has 1 saturated carbocycles. The van der Waals surface area contributed by atoms with E-state index in [0.717, 1.165) is 11.8 Å². The molecule has 2 aliphatic rings. The second-order valence-electron chi connectivity index (χ2n) is 3.51. The summed E-state index contributed by atoms with van der Waals surface area (Å²) in [6.07, 6.45) is 2.83. The molecule has 1 fully saturated rings. The van der Waals surface area contributed by atoms with Gasteiger partial charge in [-0.3, -0.25) is 0 Å². The average Bonchev–Trinajstić information content (AvgIpc) is 2.64. The molecule has 2 atom stereocenters. The first-order valence-electron chi connectivity index (χ1n) is 4.03. The van der Waals surface area contributed by atoms with Gasteiger partial charge in [0.15, 0.2) is 0 Å². The average molecular weight is 220 g/mol. The maximum Gasteiger partial charge on any atom is -0.0125 e. The van der Waals surface area contributed by atoms with Gasteiger partial charge in [-0.05, 0) is 35.8 Å². The fourth-order valence-corrected chi connectivity index (χ4v) is 2.22. The van der Waals surface area contributed by atoms with Crippen LogP contribution in [0.2, 0.25) is 0 Å². The lowest BCUT2D eigenvalue weighted by atomic mass is 10.1. The third-order valence-corrected chi connectivity index (χ3v) is 2.86. The molecule has 0 heterocycles. The Labute approximate surface area is 91.3 Å². The topological polar surface area (TPSA) is 35.0 Å². The summed E-state index contributed by atoms with van der Waals surface area (Å²) in [5.41, 5.74) is 3.26. The molecule has 0 bridgehead atoms. The smallest absolute Gasteiger partial charge is 0.0125 e. The second-order valence-corrected chi connectivity index (χ2v) is 3.51. The largest absolute Gasteiger partial charge is 0.344 e. The van der Waals surface area contributed by atoms with E-state index in [1.54, 1.807) is 11.1 Å². The van der Waals surface area contributed by atoms with Crippen LogP contribution in [0.15, 0.2) is 24.3 Å². The lowest BCUT2D eigenvalue weighted by molar-refractivity contribution is 0.857. The van der Waals surface area contributed by atoms with Crippen molar-refractivity contribution in [1.29, 1.82) is 0 Å². The first-order valence-corrected chi connectivity index (χ1v) is 4.03. The monoisotopic (exact) mass is 219 g/mol. The highest BCUT2D eigenvalue weighted by Gasteiger charge is 2.44. The maximum absolute atomic E-state index is 2.30. The molecule has 3 heteroatoms. The van der Waals surface area contributed by atoms with Crippen molar-refractivity contribution in [2.24, 2.45) is 5.92 Å². The highest BCUT2D eigenvalue weighted by molar-refractivity contribution is 5.85. The Morgan fingerprint density at radius 2 is 1.77 bits per heavy atom. The number of halogens is 2. The number of hydrogen-bond acceptors (Lipinski definition) is 1. The van der Waals surface area contributed by atoms with Crippen molar-refractivity contribution in [2.45, 2.75) is 18.8 Å². The molecule has 1 aromatic rings. The van der Waals surface area contributed by atoms with Crippen molar-refractivity contribution in [3.05, 3.63) is 35.4 Å². The van der Waals surface area contributed by atoms with Crippen LogP contribution in [0.4, 0.5) is 0 Å². The molecular weight excluding hydrogens is 205 g/mol. The Bertz CT molecular complexity index is 288. The molecule has 1 nitrogen and oxygen atoms in total. The van der Waals surface area contributed by atoms with E-state index in [1.165, 1.54) is 12.8 Å². The van der Waals surface area contributed by atoms with Gasteiger partial charge >= 0.3 is 0 Å². The lowest BCUT2D eigenvalue weighted by Crippen LogP contribution is -1.83. The Kier molecular flexibility index (Phi) is 4.24. The number of hydrogen-bond donors (Lipinski definition) is 1. The third kappa shape index (κ3) is 1.83. The van der Waals surface area contributed by atoms with Crippen molar-refractivity contribution in [3.63, 3.8) is 0 Å². The molecule has 3 rings (SSSR count). The Morgan fingerprint density at radius 1 is 1.08 bits per heavy atom. The van der Waals surface area contributed by atoms with Gasteiger partial charge in [-0.15, -0.1) is 24.8 Å². The van der Waals surface area contributed by atoms with Crippen molar-refractivity contribution in [2.75, 3.05) is 0 Å². The molecule has 1 aromatic carbocycles. The van der Waals surface area contributed by atoms with Crippen LogP contribution in [0.3, 0.4) is 0 Å². The summed E-state index contributed by atoms with van der Waals surface area (Å²) in [6, 6.07) is 8.90. The highest BCUT2D eigenvalue weighted by Crippen LogP contribution is 2.55. The van der Waals surface area contributed by atoms with E-state index >= 15 is 0 Å². The normalized spacial score (nSPS) is 25.5. The van der Waals surface area contributed by atoms with Gasteiger partial charge in [-0.1, -0.05) is 24.3 Å². The number of rotatable bonds is 0. The van der Waals surface area contributed by atoms with E-state index in [0.29, 0.717) is 0 Å². The molecule has 3 N–H and O–H groups in total. The van der Waals surface area contributed by atoms with Crippen LogP contribution in [-0.4, -0.2) is 0 Å². The molecule has 0 spiro atoms. The SMILES string of the molecule is Cl.Cl.N.c1ccc2c(c1)CC1CC21. The van der Waals surface area contributed by atoms with Crippen LogP contribution in [-0.2, 0) is 6.42 Å². The molecule has 0 saturated heterocycles. The highest BCUT2D eigenvalue weighted by atomic mass is 35.5. The molecule has 0 aromatic heterocycles. The summed E-state index contributed by atoms with van der Waals surface area (Å²) in [6.45, 7) is 0. The van der Waals surface area contributed by atoms with Gasteiger partial charge in [-0.2, -0.15) is 0 Å². The fraction of sp³-hybridized carbons (Fsp3) is 0.400. The van der Waals surface area contributed by atoms with Crippen LogP contribution in [0.1, 0.15) is 23.5 Å². The van der Waals surface area contributed by atoms with E-state index in [4.69, 9.17) is 0 Å². The van der Waals surface area contributed by atoms with Crippen molar-refractivity contribution < 1.29 is 0 Å². The Hall–Kier alpha value is -0.240. The van der Waals surface area contributed by atoms with Gasteiger partial charge in [0, 0.05) is 0 Å².